The highest BCUT2D eigenvalue weighted by Gasteiger charge is 2.22. The lowest BCUT2D eigenvalue weighted by Gasteiger charge is -2.17. The highest BCUT2D eigenvalue weighted by Crippen LogP contribution is 2.38. The van der Waals surface area contributed by atoms with E-state index in [0.29, 0.717) is 21.3 Å². The first-order valence-electron chi connectivity index (χ1n) is 9.17. The van der Waals surface area contributed by atoms with Crippen LogP contribution in [0.3, 0.4) is 0 Å². The third-order valence-corrected chi connectivity index (χ3v) is 5.46. The van der Waals surface area contributed by atoms with Crippen molar-refractivity contribution in [2.45, 2.75) is 13.8 Å². The number of aryl methyl sites for hydroxylation is 2. The first kappa shape index (κ1) is 22.1. The minimum absolute atomic E-state index is 0. The van der Waals surface area contributed by atoms with E-state index in [-0.39, 0.29) is 18.3 Å². The number of rotatable bonds is 3. The summed E-state index contributed by atoms with van der Waals surface area (Å²) in [5, 5.41) is 4.94. The molecule has 4 aromatic rings. The maximum Gasteiger partial charge on any atom is 0.258 e. The van der Waals surface area contributed by atoms with Gasteiger partial charge in [-0.05, 0) is 49.7 Å². The van der Waals surface area contributed by atoms with Gasteiger partial charge in [-0.1, -0.05) is 59.6 Å². The Kier molecular flexibility index (Phi) is 6.67. The number of fused-ring (bicyclic) bond motifs is 1. The van der Waals surface area contributed by atoms with Crippen LogP contribution >= 0.6 is 35.6 Å². The monoisotopic (exact) mass is 456 g/mol. The fourth-order valence-electron chi connectivity index (χ4n) is 3.48. The van der Waals surface area contributed by atoms with E-state index in [1.165, 1.54) is 0 Å². The molecule has 3 nitrogen and oxygen atoms in total. The second kappa shape index (κ2) is 9.05. The molecule has 0 unspecified atom stereocenters. The SMILES string of the molecule is Cc1ccccc1NC(=O)c1c(C)nc2ccc(Cl)cc2c1-c1ccccc1Cl.Cl. The van der Waals surface area contributed by atoms with Crippen LogP contribution in [0.5, 0.6) is 0 Å². The molecule has 4 rings (SSSR count). The highest BCUT2D eigenvalue weighted by atomic mass is 35.5. The van der Waals surface area contributed by atoms with Crippen molar-refractivity contribution in [2.24, 2.45) is 0 Å². The van der Waals surface area contributed by atoms with Crippen LogP contribution in [0.1, 0.15) is 21.6 Å². The van der Waals surface area contributed by atoms with E-state index >= 15 is 0 Å². The number of carbonyl (C=O) groups is 1. The fourth-order valence-corrected chi connectivity index (χ4v) is 3.88. The molecule has 1 heterocycles. The van der Waals surface area contributed by atoms with Crippen molar-refractivity contribution in [3.05, 3.63) is 93.6 Å². The molecule has 0 fully saturated rings. The Morgan fingerprint density at radius 2 is 1.63 bits per heavy atom. The van der Waals surface area contributed by atoms with Crippen molar-refractivity contribution in [3.63, 3.8) is 0 Å². The number of pyridine rings is 1. The quantitative estimate of drug-likeness (QED) is 0.346. The van der Waals surface area contributed by atoms with E-state index in [9.17, 15) is 4.79 Å². The van der Waals surface area contributed by atoms with Crippen molar-refractivity contribution in [1.29, 1.82) is 0 Å². The van der Waals surface area contributed by atoms with Gasteiger partial charge in [0.1, 0.15) is 0 Å². The van der Waals surface area contributed by atoms with Gasteiger partial charge in [-0.25, -0.2) is 0 Å². The molecule has 0 radical (unpaired) electrons. The summed E-state index contributed by atoms with van der Waals surface area (Å²) in [5.74, 6) is -0.235. The lowest BCUT2D eigenvalue weighted by molar-refractivity contribution is 0.102. The van der Waals surface area contributed by atoms with Crippen LogP contribution < -0.4 is 5.32 Å². The van der Waals surface area contributed by atoms with Gasteiger partial charge in [0.15, 0.2) is 0 Å². The number of para-hydroxylation sites is 1. The average molecular weight is 458 g/mol. The number of anilines is 1. The van der Waals surface area contributed by atoms with Crippen LogP contribution in [0.15, 0.2) is 66.7 Å². The Morgan fingerprint density at radius 3 is 2.37 bits per heavy atom. The number of carbonyl (C=O) groups excluding carboxylic acids is 1. The normalized spacial score (nSPS) is 10.5. The summed E-state index contributed by atoms with van der Waals surface area (Å²) in [7, 11) is 0. The van der Waals surface area contributed by atoms with Crippen LogP contribution in [-0.4, -0.2) is 10.9 Å². The van der Waals surface area contributed by atoms with Crippen LogP contribution in [0.2, 0.25) is 10.0 Å². The Bertz CT molecular complexity index is 1250. The van der Waals surface area contributed by atoms with Gasteiger partial charge in [-0.3, -0.25) is 9.78 Å². The molecule has 0 saturated heterocycles. The molecule has 3 aromatic carbocycles. The summed E-state index contributed by atoms with van der Waals surface area (Å²) in [5.41, 5.74) is 5.10. The van der Waals surface area contributed by atoms with E-state index in [1.807, 2.05) is 74.5 Å². The molecular formula is C24H19Cl3N2O. The number of hydrogen-bond donors (Lipinski definition) is 1. The van der Waals surface area contributed by atoms with E-state index in [2.05, 4.69) is 10.3 Å². The lowest BCUT2D eigenvalue weighted by Crippen LogP contribution is -2.16. The third-order valence-electron chi connectivity index (χ3n) is 4.89. The number of aromatic nitrogens is 1. The lowest BCUT2D eigenvalue weighted by atomic mass is 9.93. The van der Waals surface area contributed by atoms with E-state index in [4.69, 9.17) is 23.2 Å². The molecule has 0 bridgehead atoms. The summed E-state index contributed by atoms with van der Waals surface area (Å²) >= 11 is 12.8. The zero-order valence-electron chi connectivity index (χ0n) is 16.4. The van der Waals surface area contributed by atoms with Crippen molar-refractivity contribution < 1.29 is 4.79 Å². The Morgan fingerprint density at radius 1 is 0.933 bits per heavy atom. The number of hydrogen-bond acceptors (Lipinski definition) is 2. The maximum absolute atomic E-state index is 13.4. The van der Waals surface area contributed by atoms with Crippen LogP contribution in [0.4, 0.5) is 5.69 Å². The number of benzene rings is 3. The van der Waals surface area contributed by atoms with E-state index in [0.717, 1.165) is 33.3 Å². The van der Waals surface area contributed by atoms with Crippen LogP contribution in [0.25, 0.3) is 22.0 Å². The summed E-state index contributed by atoms with van der Waals surface area (Å²) in [6.07, 6.45) is 0. The molecule has 1 N–H and O–H groups in total. The van der Waals surface area contributed by atoms with E-state index in [1.54, 1.807) is 6.07 Å². The topological polar surface area (TPSA) is 42.0 Å². The van der Waals surface area contributed by atoms with Crippen molar-refractivity contribution in [2.75, 3.05) is 5.32 Å². The summed E-state index contributed by atoms with van der Waals surface area (Å²) < 4.78 is 0. The van der Waals surface area contributed by atoms with Gasteiger partial charge < -0.3 is 5.32 Å². The van der Waals surface area contributed by atoms with Gasteiger partial charge >= 0.3 is 0 Å². The highest BCUT2D eigenvalue weighted by molar-refractivity contribution is 6.35. The molecule has 0 spiro atoms. The first-order valence-corrected chi connectivity index (χ1v) is 9.93. The smallest absolute Gasteiger partial charge is 0.258 e. The van der Waals surface area contributed by atoms with Gasteiger partial charge in [0.2, 0.25) is 0 Å². The predicted octanol–water partition coefficient (Wildman–Crippen LogP) is 7.50. The molecule has 30 heavy (non-hydrogen) atoms. The van der Waals surface area contributed by atoms with Gasteiger partial charge in [-0.2, -0.15) is 0 Å². The standard InChI is InChI=1S/C24H18Cl2N2O.ClH/c1-14-7-3-6-10-20(14)28-24(29)22-15(2)27-21-12-11-16(25)13-18(21)23(22)17-8-4-5-9-19(17)26;/h3-13H,1-2H3,(H,28,29);1H. The summed E-state index contributed by atoms with van der Waals surface area (Å²) in [6, 6.07) is 20.6. The molecule has 152 valence electrons. The van der Waals surface area contributed by atoms with E-state index < -0.39 is 0 Å². The average Bonchev–Trinajstić information content (AvgIpc) is 2.69. The second-order valence-corrected chi connectivity index (χ2v) is 7.70. The van der Waals surface area contributed by atoms with Gasteiger partial charge in [0.05, 0.1) is 16.8 Å². The second-order valence-electron chi connectivity index (χ2n) is 6.86. The number of nitrogens with one attached hydrogen (secondary N) is 1. The van der Waals surface area contributed by atoms with Crippen LogP contribution in [-0.2, 0) is 0 Å². The van der Waals surface area contributed by atoms with Gasteiger partial charge in [-0.15, -0.1) is 12.4 Å². The Labute approximate surface area is 191 Å². The Hall–Kier alpha value is -2.59. The van der Waals surface area contributed by atoms with Gasteiger partial charge in [0.25, 0.3) is 5.91 Å². The van der Waals surface area contributed by atoms with Crippen LogP contribution in [0, 0.1) is 13.8 Å². The molecule has 0 aliphatic carbocycles. The maximum atomic E-state index is 13.4. The number of nitrogens with zero attached hydrogens (tertiary/aromatic N) is 1. The zero-order valence-corrected chi connectivity index (χ0v) is 18.7. The Balaban J connectivity index is 0.00000256. The van der Waals surface area contributed by atoms with Gasteiger partial charge in [0, 0.05) is 32.2 Å². The van der Waals surface area contributed by atoms with Crippen molar-refractivity contribution in [1.82, 2.24) is 4.98 Å². The molecule has 1 aromatic heterocycles. The molecule has 0 atom stereocenters. The molecule has 0 saturated carbocycles. The first-order chi connectivity index (χ1) is 14.0. The molecule has 0 aliphatic rings. The van der Waals surface area contributed by atoms with Crippen molar-refractivity contribution >= 4 is 58.1 Å². The van der Waals surface area contributed by atoms with Crippen molar-refractivity contribution in [3.8, 4) is 11.1 Å². The summed E-state index contributed by atoms with van der Waals surface area (Å²) in [6.45, 7) is 3.79. The summed E-state index contributed by atoms with van der Waals surface area (Å²) in [4.78, 5) is 18.0. The minimum Gasteiger partial charge on any atom is -0.322 e. The minimum atomic E-state index is -0.235. The molecule has 0 aliphatic heterocycles. The molecule has 6 heteroatoms. The molecular weight excluding hydrogens is 439 g/mol. The number of amides is 1. The zero-order chi connectivity index (χ0) is 20.5. The third kappa shape index (κ3) is 4.15. The molecule has 1 amide bonds. The number of halogens is 3. The largest absolute Gasteiger partial charge is 0.322 e. The fraction of sp³-hybridized carbons (Fsp3) is 0.0833. The predicted molar refractivity (Wildman–Crippen MR) is 128 cm³/mol.